The van der Waals surface area contributed by atoms with Gasteiger partial charge in [0.05, 0.1) is 17.1 Å². The van der Waals surface area contributed by atoms with E-state index in [1.54, 1.807) is 23.0 Å². The molecule has 0 atom stereocenters. The van der Waals surface area contributed by atoms with Crippen LogP contribution in [0, 0.1) is 12.7 Å². The van der Waals surface area contributed by atoms with Crippen LogP contribution in [0.5, 0.6) is 0 Å². The molecule has 2 rings (SSSR count). The molecule has 3 nitrogen and oxygen atoms in total. The highest BCUT2D eigenvalue weighted by Gasteiger charge is 2.06. The third-order valence-electron chi connectivity index (χ3n) is 2.00. The average Bonchev–Trinajstić information content (AvgIpc) is 2.57. The van der Waals surface area contributed by atoms with Crippen molar-refractivity contribution in [1.82, 2.24) is 9.78 Å². The largest absolute Gasteiger partial charge is 0.395 e. The van der Waals surface area contributed by atoms with Gasteiger partial charge in [0.15, 0.2) is 0 Å². The molecule has 2 aromatic rings. The van der Waals surface area contributed by atoms with Crippen LogP contribution in [0.15, 0.2) is 30.5 Å². The third-order valence-corrected chi connectivity index (χ3v) is 2.00. The van der Waals surface area contributed by atoms with Gasteiger partial charge in [0, 0.05) is 6.20 Å². The summed E-state index contributed by atoms with van der Waals surface area (Å²) in [4.78, 5) is 0. The summed E-state index contributed by atoms with van der Waals surface area (Å²) >= 11 is 0. The van der Waals surface area contributed by atoms with Gasteiger partial charge >= 0.3 is 0 Å². The lowest BCUT2D eigenvalue weighted by molar-refractivity contribution is 0.630. The second-order valence-corrected chi connectivity index (χ2v) is 3.07. The van der Waals surface area contributed by atoms with Crippen molar-refractivity contribution < 1.29 is 4.39 Å². The van der Waals surface area contributed by atoms with Gasteiger partial charge < -0.3 is 5.73 Å². The molecule has 0 spiro atoms. The molecule has 2 N–H and O–H groups in total. The van der Waals surface area contributed by atoms with E-state index in [0.717, 1.165) is 5.69 Å². The maximum absolute atomic E-state index is 13.1. The van der Waals surface area contributed by atoms with Crippen LogP contribution in [-0.4, -0.2) is 9.78 Å². The molecule has 0 unspecified atom stereocenters. The second-order valence-electron chi connectivity index (χ2n) is 3.07. The number of nitrogen functional groups attached to an aromatic ring is 1. The van der Waals surface area contributed by atoms with Crippen LogP contribution in [0.25, 0.3) is 5.69 Å². The third kappa shape index (κ3) is 1.35. The number of nitrogens with two attached hydrogens (primary N) is 1. The number of para-hydroxylation sites is 1. The molecule has 1 aromatic heterocycles. The summed E-state index contributed by atoms with van der Waals surface area (Å²) < 4.78 is 14.7. The fourth-order valence-corrected chi connectivity index (χ4v) is 1.27. The number of hydrogen-bond donors (Lipinski definition) is 1. The summed E-state index contributed by atoms with van der Waals surface area (Å²) in [5.74, 6) is -0.421. The Morgan fingerprint density at radius 3 is 2.79 bits per heavy atom. The van der Waals surface area contributed by atoms with Crippen molar-refractivity contribution in [1.29, 1.82) is 0 Å². The number of anilines is 1. The second kappa shape index (κ2) is 3.14. The molecule has 4 heteroatoms. The Morgan fingerprint density at radius 1 is 1.36 bits per heavy atom. The smallest absolute Gasteiger partial charge is 0.148 e. The van der Waals surface area contributed by atoms with E-state index < -0.39 is 5.82 Å². The lowest BCUT2D eigenvalue weighted by Gasteiger charge is -2.05. The quantitative estimate of drug-likeness (QED) is 0.699. The van der Waals surface area contributed by atoms with Gasteiger partial charge in [-0.05, 0) is 25.1 Å². The number of rotatable bonds is 1. The van der Waals surface area contributed by atoms with Crippen LogP contribution in [0.4, 0.5) is 10.1 Å². The number of nitrogens with zero attached hydrogens (tertiary/aromatic N) is 2. The molecule has 0 saturated carbocycles. The van der Waals surface area contributed by atoms with Gasteiger partial charge in [0.25, 0.3) is 0 Å². The van der Waals surface area contributed by atoms with Crippen LogP contribution in [0.2, 0.25) is 0 Å². The zero-order chi connectivity index (χ0) is 10.1. The zero-order valence-electron chi connectivity index (χ0n) is 7.74. The van der Waals surface area contributed by atoms with Gasteiger partial charge in [-0.3, -0.25) is 0 Å². The molecule has 0 aliphatic rings. The molecule has 0 aliphatic carbocycles. The van der Waals surface area contributed by atoms with Crippen molar-refractivity contribution in [3.8, 4) is 5.69 Å². The Labute approximate surface area is 81.0 Å². The van der Waals surface area contributed by atoms with Crippen molar-refractivity contribution in [2.24, 2.45) is 0 Å². The van der Waals surface area contributed by atoms with E-state index in [4.69, 9.17) is 5.73 Å². The molecule has 0 bridgehead atoms. The number of halogens is 1. The van der Waals surface area contributed by atoms with Gasteiger partial charge in [-0.25, -0.2) is 9.07 Å². The minimum atomic E-state index is -0.421. The predicted octanol–water partition coefficient (Wildman–Crippen LogP) is 1.90. The lowest BCUT2D eigenvalue weighted by atomic mass is 10.2. The van der Waals surface area contributed by atoms with Gasteiger partial charge in [0.2, 0.25) is 0 Å². The monoisotopic (exact) mass is 191 g/mol. The maximum Gasteiger partial charge on any atom is 0.148 e. The topological polar surface area (TPSA) is 43.8 Å². The van der Waals surface area contributed by atoms with Crippen molar-refractivity contribution in [2.45, 2.75) is 6.92 Å². The summed E-state index contributed by atoms with van der Waals surface area (Å²) in [6.07, 6.45) is 1.75. The van der Waals surface area contributed by atoms with Crippen LogP contribution >= 0.6 is 0 Å². The average molecular weight is 191 g/mol. The molecule has 1 aromatic carbocycles. The Bertz CT molecular complexity index is 462. The Hall–Kier alpha value is -1.84. The van der Waals surface area contributed by atoms with Gasteiger partial charge in [-0.1, -0.05) is 6.07 Å². The van der Waals surface area contributed by atoms with E-state index in [2.05, 4.69) is 5.10 Å². The van der Waals surface area contributed by atoms with E-state index in [1.807, 2.05) is 13.0 Å². The van der Waals surface area contributed by atoms with E-state index >= 15 is 0 Å². The minimum Gasteiger partial charge on any atom is -0.395 e. The first-order valence-corrected chi connectivity index (χ1v) is 4.25. The molecule has 0 saturated heterocycles. The first-order chi connectivity index (χ1) is 6.68. The number of aromatic nitrogens is 2. The highest BCUT2D eigenvalue weighted by atomic mass is 19.1. The Morgan fingerprint density at radius 2 is 2.14 bits per heavy atom. The summed E-state index contributed by atoms with van der Waals surface area (Å²) in [5.41, 5.74) is 7.15. The Balaban J connectivity index is 2.57. The van der Waals surface area contributed by atoms with Crippen molar-refractivity contribution in [3.05, 3.63) is 42.0 Å². The number of aryl methyl sites for hydroxylation is 1. The van der Waals surface area contributed by atoms with Crippen molar-refractivity contribution >= 4 is 5.69 Å². The summed E-state index contributed by atoms with van der Waals surface area (Å²) in [6.45, 7) is 1.87. The zero-order valence-corrected chi connectivity index (χ0v) is 7.74. The molecule has 14 heavy (non-hydrogen) atoms. The van der Waals surface area contributed by atoms with Crippen molar-refractivity contribution in [2.75, 3.05) is 5.73 Å². The van der Waals surface area contributed by atoms with E-state index in [0.29, 0.717) is 5.69 Å². The predicted molar refractivity (Wildman–Crippen MR) is 52.7 cm³/mol. The highest BCUT2D eigenvalue weighted by Crippen LogP contribution is 2.19. The fraction of sp³-hybridized carbons (Fsp3) is 0.100. The van der Waals surface area contributed by atoms with E-state index in [1.165, 1.54) is 6.07 Å². The van der Waals surface area contributed by atoms with Gasteiger partial charge in [0.1, 0.15) is 5.82 Å². The summed E-state index contributed by atoms with van der Waals surface area (Å²) in [5, 5.41) is 4.15. The normalized spacial score (nSPS) is 10.4. The van der Waals surface area contributed by atoms with Gasteiger partial charge in [-0.2, -0.15) is 5.10 Å². The maximum atomic E-state index is 13.1. The molecular weight excluding hydrogens is 181 g/mol. The van der Waals surface area contributed by atoms with E-state index in [9.17, 15) is 4.39 Å². The lowest BCUT2D eigenvalue weighted by Crippen LogP contribution is -2.02. The molecule has 0 fully saturated rings. The molecule has 72 valence electrons. The first kappa shape index (κ1) is 8.74. The summed E-state index contributed by atoms with van der Waals surface area (Å²) in [7, 11) is 0. The molecule has 0 aliphatic heterocycles. The summed E-state index contributed by atoms with van der Waals surface area (Å²) in [6, 6.07) is 6.50. The number of benzene rings is 1. The molecular formula is C10H10FN3. The van der Waals surface area contributed by atoms with Crippen LogP contribution < -0.4 is 5.73 Å². The Kier molecular flexibility index (Phi) is 1.96. The molecule has 0 radical (unpaired) electrons. The minimum absolute atomic E-state index is 0.121. The molecule has 0 amide bonds. The van der Waals surface area contributed by atoms with Crippen molar-refractivity contribution in [3.63, 3.8) is 0 Å². The van der Waals surface area contributed by atoms with Crippen LogP contribution in [0.3, 0.4) is 0 Å². The van der Waals surface area contributed by atoms with E-state index in [-0.39, 0.29) is 5.69 Å². The SMILES string of the molecule is Cc1ccn(-c2cccc(F)c2N)n1. The number of hydrogen-bond acceptors (Lipinski definition) is 2. The highest BCUT2D eigenvalue weighted by molar-refractivity contribution is 5.57. The molecule has 1 heterocycles. The van der Waals surface area contributed by atoms with Crippen LogP contribution in [-0.2, 0) is 0 Å². The van der Waals surface area contributed by atoms with Crippen LogP contribution in [0.1, 0.15) is 5.69 Å². The first-order valence-electron chi connectivity index (χ1n) is 4.25. The fourth-order valence-electron chi connectivity index (χ4n) is 1.27. The standard InChI is InChI=1S/C10H10FN3/c1-7-5-6-14(13-7)9-4-2-3-8(11)10(9)12/h2-6H,12H2,1H3. The van der Waals surface area contributed by atoms with Gasteiger partial charge in [-0.15, -0.1) is 0 Å².